The van der Waals surface area contributed by atoms with Crippen LogP contribution in [0.1, 0.15) is 22.3 Å². The molecule has 0 saturated carbocycles. The first kappa shape index (κ1) is 20.0. The topological polar surface area (TPSA) is 80.9 Å². The van der Waals surface area contributed by atoms with Crippen LogP contribution < -0.4 is 0 Å². The molecular formula is C28H24O4. The lowest BCUT2D eigenvalue weighted by Gasteiger charge is -2.13. The van der Waals surface area contributed by atoms with E-state index in [2.05, 4.69) is 0 Å². The molecule has 4 aliphatic carbocycles. The minimum absolute atomic E-state index is 0.183. The van der Waals surface area contributed by atoms with E-state index in [1.165, 1.54) is 0 Å². The molecule has 4 nitrogen and oxygen atoms in total. The average molecular weight is 424 g/mol. The highest BCUT2D eigenvalue weighted by Gasteiger charge is 2.14. The maximum Gasteiger partial charge on any atom is 0.123 e. The predicted molar refractivity (Wildman–Crippen MR) is 125 cm³/mol. The van der Waals surface area contributed by atoms with Crippen molar-refractivity contribution in [1.29, 1.82) is 0 Å². The van der Waals surface area contributed by atoms with E-state index < -0.39 is 0 Å². The number of hydrogen-bond donors (Lipinski definition) is 4. The number of benzene rings is 4. The van der Waals surface area contributed by atoms with E-state index in [1.807, 2.05) is 36.4 Å². The molecule has 6 bridgehead atoms. The molecule has 4 aromatic carbocycles. The zero-order valence-corrected chi connectivity index (χ0v) is 17.5. The highest BCUT2D eigenvalue weighted by Crippen LogP contribution is 2.37. The van der Waals surface area contributed by atoms with Crippen LogP contribution in [-0.4, -0.2) is 20.4 Å². The molecule has 0 heterocycles. The molecule has 0 aliphatic heterocycles. The standard InChI is InChI=1S/C28H24O4/c29-22-8-11-23-20(16-22)5-1-17-3-9-24(27(31)13-17)19-7-12-26(30)21(15-19)6-2-18-4-10-25(23)28(32)14-18/h3-4,7-16,29-32H,1-2,5-6H2. The van der Waals surface area contributed by atoms with Crippen LogP contribution in [0.4, 0.5) is 0 Å². The summed E-state index contributed by atoms with van der Waals surface area (Å²) in [6.45, 7) is 0. The van der Waals surface area contributed by atoms with Gasteiger partial charge in [-0.1, -0.05) is 36.4 Å². The molecule has 0 unspecified atom stereocenters. The Morgan fingerprint density at radius 3 is 1.75 bits per heavy atom. The Bertz CT molecular complexity index is 1320. The van der Waals surface area contributed by atoms with Crippen LogP contribution in [0.15, 0.2) is 72.8 Å². The number of aromatic hydroxyl groups is 4. The van der Waals surface area contributed by atoms with Crippen LogP contribution in [0.2, 0.25) is 0 Å². The fourth-order valence-electron chi connectivity index (χ4n) is 4.50. The van der Waals surface area contributed by atoms with E-state index >= 15 is 0 Å². The Morgan fingerprint density at radius 1 is 0.438 bits per heavy atom. The second-order valence-electron chi connectivity index (χ2n) is 8.39. The van der Waals surface area contributed by atoms with Gasteiger partial charge in [0.15, 0.2) is 0 Å². The summed E-state index contributed by atoms with van der Waals surface area (Å²) >= 11 is 0. The Labute approximate surface area is 186 Å². The zero-order valence-electron chi connectivity index (χ0n) is 17.5. The molecular weight excluding hydrogens is 400 g/mol. The van der Waals surface area contributed by atoms with Gasteiger partial charge in [-0.2, -0.15) is 0 Å². The SMILES string of the molecule is Oc1ccc2c(c1)CCc1ccc(c(O)c1)-c1ccc(O)c(c1)CCc1ccc-2c(O)c1. The molecule has 4 N–H and O–H groups in total. The first-order chi connectivity index (χ1) is 15.5. The van der Waals surface area contributed by atoms with E-state index in [4.69, 9.17) is 0 Å². The van der Waals surface area contributed by atoms with E-state index in [9.17, 15) is 20.4 Å². The fourth-order valence-corrected chi connectivity index (χ4v) is 4.50. The lowest BCUT2D eigenvalue weighted by Crippen LogP contribution is -1.96. The summed E-state index contributed by atoms with van der Waals surface area (Å²) in [7, 11) is 0. The summed E-state index contributed by atoms with van der Waals surface area (Å²) in [6, 6.07) is 21.9. The van der Waals surface area contributed by atoms with Crippen molar-refractivity contribution in [2.24, 2.45) is 0 Å². The van der Waals surface area contributed by atoms with Gasteiger partial charge in [-0.3, -0.25) is 0 Å². The molecule has 4 aliphatic rings. The normalized spacial score (nSPS) is 13.0. The quantitative estimate of drug-likeness (QED) is 0.291. The monoisotopic (exact) mass is 424 g/mol. The molecule has 160 valence electrons. The summed E-state index contributed by atoms with van der Waals surface area (Å²) in [4.78, 5) is 0. The third-order valence-electron chi connectivity index (χ3n) is 6.26. The van der Waals surface area contributed by atoms with Crippen LogP contribution in [0, 0.1) is 0 Å². The maximum absolute atomic E-state index is 10.8. The van der Waals surface area contributed by atoms with Crippen LogP contribution >= 0.6 is 0 Å². The summed E-state index contributed by atoms with van der Waals surface area (Å²) in [5, 5.41) is 41.9. The minimum atomic E-state index is 0.183. The van der Waals surface area contributed by atoms with Crippen molar-refractivity contribution in [2.75, 3.05) is 0 Å². The predicted octanol–water partition coefficient (Wildman–Crippen LogP) is 5.73. The van der Waals surface area contributed by atoms with Crippen molar-refractivity contribution in [3.63, 3.8) is 0 Å². The summed E-state index contributed by atoms with van der Waals surface area (Å²) < 4.78 is 0. The van der Waals surface area contributed by atoms with E-state index in [-0.39, 0.29) is 23.0 Å². The van der Waals surface area contributed by atoms with Gasteiger partial charge in [0.2, 0.25) is 0 Å². The van der Waals surface area contributed by atoms with Gasteiger partial charge < -0.3 is 20.4 Å². The van der Waals surface area contributed by atoms with Crippen molar-refractivity contribution < 1.29 is 20.4 Å². The molecule has 4 aromatic rings. The molecule has 0 saturated heterocycles. The molecule has 0 atom stereocenters. The highest BCUT2D eigenvalue weighted by molar-refractivity contribution is 5.75. The van der Waals surface area contributed by atoms with Crippen molar-refractivity contribution in [3.05, 3.63) is 95.1 Å². The van der Waals surface area contributed by atoms with Gasteiger partial charge in [-0.25, -0.2) is 0 Å². The molecule has 0 fully saturated rings. The van der Waals surface area contributed by atoms with Crippen LogP contribution in [0.5, 0.6) is 23.0 Å². The number of rotatable bonds is 0. The molecule has 0 amide bonds. The highest BCUT2D eigenvalue weighted by atomic mass is 16.3. The van der Waals surface area contributed by atoms with Gasteiger partial charge in [0.05, 0.1) is 0 Å². The summed E-state index contributed by atoms with van der Waals surface area (Å²) in [6.07, 6.45) is 2.57. The first-order valence-electron chi connectivity index (χ1n) is 10.8. The number of phenolic OH excluding ortho intramolecular Hbond substituents is 4. The first-order valence-corrected chi connectivity index (χ1v) is 10.8. The van der Waals surface area contributed by atoms with Gasteiger partial charge in [0.25, 0.3) is 0 Å². The smallest absolute Gasteiger partial charge is 0.123 e. The molecule has 32 heavy (non-hydrogen) atoms. The van der Waals surface area contributed by atoms with Crippen molar-refractivity contribution in [2.45, 2.75) is 25.7 Å². The van der Waals surface area contributed by atoms with Gasteiger partial charge in [0, 0.05) is 11.1 Å². The summed E-state index contributed by atoms with van der Waals surface area (Å²) in [5.74, 6) is 0.795. The minimum Gasteiger partial charge on any atom is -0.508 e. The van der Waals surface area contributed by atoms with Crippen molar-refractivity contribution in [1.82, 2.24) is 0 Å². The lowest BCUT2D eigenvalue weighted by molar-refractivity contribution is 0.467. The third-order valence-corrected chi connectivity index (χ3v) is 6.26. The van der Waals surface area contributed by atoms with Crippen molar-refractivity contribution in [3.8, 4) is 45.3 Å². The number of aryl methyl sites for hydroxylation is 4. The third kappa shape index (κ3) is 3.76. The van der Waals surface area contributed by atoms with Gasteiger partial charge in [0.1, 0.15) is 23.0 Å². The molecule has 0 spiro atoms. The van der Waals surface area contributed by atoms with Crippen LogP contribution in [-0.2, 0) is 25.7 Å². The van der Waals surface area contributed by atoms with E-state index in [0.29, 0.717) is 25.7 Å². The van der Waals surface area contributed by atoms with Crippen LogP contribution in [0.25, 0.3) is 22.3 Å². The average Bonchev–Trinajstić information content (AvgIpc) is 2.78. The number of hydrogen-bond acceptors (Lipinski definition) is 4. The van der Waals surface area contributed by atoms with Crippen molar-refractivity contribution >= 4 is 0 Å². The second kappa shape index (κ2) is 7.97. The molecule has 4 heteroatoms. The largest absolute Gasteiger partial charge is 0.508 e. The molecule has 8 rings (SSSR count). The van der Waals surface area contributed by atoms with Gasteiger partial charge in [-0.05, 0) is 95.5 Å². The Morgan fingerprint density at radius 2 is 1.06 bits per heavy atom. The van der Waals surface area contributed by atoms with Gasteiger partial charge >= 0.3 is 0 Å². The second-order valence-corrected chi connectivity index (χ2v) is 8.39. The Balaban J connectivity index is 1.66. The molecule has 0 radical (unpaired) electrons. The maximum atomic E-state index is 10.8. The fraction of sp³-hybridized carbons (Fsp3) is 0.143. The van der Waals surface area contributed by atoms with E-state index in [0.717, 1.165) is 44.5 Å². The lowest BCUT2D eigenvalue weighted by atomic mass is 9.93. The zero-order chi connectivity index (χ0) is 22.2. The summed E-state index contributed by atoms with van der Waals surface area (Å²) in [5.41, 5.74) is 6.82. The Hall–Kier alpha value is -3.92. The van der Waals surface area contributed by atoms with Crippen LogP contribution in [0.3, 0.4) is 0 Å². The van der Waals surface area contributed by atoms with Gasteiger partial charge in [-0.15, -0.1) is 0 Å². The number of phenols is 4. The molecule has 0 aromatic heterocycles. The Kier molecular flexibility index (Phi) is 4.98. The van der Waals surface area contributed by atoms with E-state index in [1.54, 1.807) is 36.4 Å².